The first-order valence-corrected chi connectivity index (χ1v) is 8.80. The van der Waals surface area contributed by atoms with Gasteiger partial charge in [0.1, 0.15) is 11.5 Å². The highest BCUT2D eigenvalue weighted by molar-refractivity contribution is 8.13. The fourth-order valence-corrected chi connectivity index (χ4v) is 3.80. The van der Waals surface area contributed by atoms with Crippen LogP contribution in [0.1, 0.15) is 50.7 Å². The highest BCUT2D eigenvalue weighted by atomic mass is 32.2. The zero-order valence-electron chi connectivity index (χ0n) is 13.6. The summed E-state index contributed by atoms with van der Waals surface area (Å²) in [7, 11) is 1.66. The molecule has 0 bridgehead atoms. The molecule has 1 aliphatic carbocycles. The Morgan fingerprint density at radius 1 is 1.32 bits per heavy atom. The molecule has 0 amide bonds. The Labute approximate surface area is 136 Å². The van der Waals surface area contributed by atoms with E-state index in [0.29, 0.717) is 12.2 Å². The lowest BCUT2D eigenvalue weighted by Crippen LogP contribution is -2.37. The number of ether oxygens (including phenoxy) is 1. The molecule has 1 aliphatic rings. The van der Waals surface area contributed by atoms with E-state index >= 15 is 0 Å². The molecule has 0 spiro atoms. The Kier molecular flexibility index (Phi) is 5.68. The zero-order valence-corrected chi connectivity index (χ0v) is 14.4. The minimum atomic E-state index is -0.414. The van der Waals surface area contributed by atoms with Crippen molar-refractivity contribution < 1.29 is 14.3 Å². The van der Waals surface area contributed by atoms with E-state index in [1.807, 2.05) is 12.1 Å². The average Bonchev–Trinajstić information content (AvgIpc) is 2.50. The summed E-state index contributed by atoms with van der Waals surface area (Å²) in [6, 6.07) is 6.08. The number of hydrogen-bond acceptors (Lipinski definition) is 4. The van der Waals surface area contributed by atoms with Crippen molar-refractivity contribution in [3.05, 3.63) is 29.3 Å². The monoisotopic (exact) mass is 320 g/mol. The molecule has 3 nitrogen and oxygen atoms in total. The molecule has 0 radical (unpaired) electrons. The van der Waals surface area contributed by atoms with E-state index in [9.17, 15) is 9.59 Å². The summed E-state index contributed by atoms with van der Waals surface area (Å²) >= 11 is 1.37. The quantitative estimate of drug-likeness (QED) is 0.745. The van der Waals surface area contributed by atoms with Crippen LogP contribution in [0.5, 0.6) is 5.75 Å². The van der Waals surface area contributed by atoms with Gasteiger partial charge in [-0.05, 0) is 49.4 Å². The normalized spacial score (nSPS) is 20.6. The minimum absolute atomic E-state index is 0.162. The summed E-state index contributed by atoms with van der Waals surface area (Å²) in [5, 5.41) is 0.162. The second kappa shape index (κ2) is 7.32. The van der Waals surface area contributed by atoms with Crippen molar-refractivity contribution in [3.63, 3.8) is 0 Å². The summed E-state index contributed by atoms with van der Waals surface area (Å²) in [5.41, 5.74) is 1.98. The van der Waals surface area contributed by atoms with Crippen LogP contribution in [0.4, 0.5) is 0 Å². The third-order valence-electron chi connectivity index (χ3n) is 4.52. The van der Waals surface area contributed by atoms with Crippen LogP contribution < -0.4 is 4.74 Å². The Morgan fingerprint density at radius 3 is 2.77 bits per heavy atom. The summed E-state index contributed by atoms with van der Waals surface area (Å²) < 4.78 is 5.33. The van der Waals surface area contributed by atoms with E-state index in [2.05, 4.69) is 13.0 Å². The number of benzene rings is 1. The van der Waals surface area contributed by atoms with E-state index in [1.54, 1.807) is 14.0 Å². The standard InChI is InChI=1S/C18H24O3S/c1-13(19)22-11-5-4-10-18(2)16-12-15(21-3)8-6-14(16)7-9-17(18)20/h6,8,12H,4-5,7,9-11H2,1-3H3. The maximum atomic E-state index is 12.6. The number of rotatable bonds is 6. The van der Waals surface area contributed by atoms with Crippen LogP contribution in [-0.2, 0) is 21.4 Å². The first kappa shape index (κ1) is 17.1. The molecule has 120 valence electrons. The molecule has 0 saturated heterocycles. The predicted molar refractivity (Wildman–Crippen MR) is 90.7 cm³/mol. The van der Waals surface area contributed by atoms with Gasteiger partial charge in [-0.3, -0.25) is 9.59 Å². The van der Waals surface area contributed by atoms with Gasteiger partial charge in [0.15, 0.2) is 5.12 Å². The lowest BCUT2D eigenvalue weighted by molar-refractivity contribution is -0.125. The second-order valence-electron chi connectivity index (χ2n) is 6.08. The lowest BCUT2D eigenvalue weighted by Gasteiger charge is -2.35. The summed E-state index contributed by atoms with van der Waals surface area (Å²) in [6.45, 7) is 3.66. The molecule has 0 saturated carbocycles. The SMILES string of the molecule is COc1ccc2c(c1)C(C)(CCCCSC(C)=O)C(=O)CC2. The number of ketones is 1. The van der Waals surface area contributed by atoms with E-state index < -0.39 is 5.41 Å². The van der Waals surface area contributed by atoms with Crippen molar-refractivity contribution in [2.24, 2.45) is 0 Å². The number of aryl methyl sites for hydroxylation is 1. The number of Topliss-reactive ketones (excluding diaryl/α,β-unsaturated/α-hetero) is 1. The van der Waals surface area contributed by atoms with Gasteiger partial charge in [0, 0.05) is 19.1 Å². The Hall–Kier alpha value is -1.29. The van der Waals surface area contributed by atoms with Gasteiger partial charge in [-0.2, -0.15) is 0 Å². The third kappa shape index (κ3) is 3.72. The van der Waals surface area contributed by atoms with Gasteiger partial charge < -0.3 is 4.74 Å². The van der Waals surface area contributed by atoms with Crippen LogP contribution in [-0.4, -0.2) is 23.8 Å². The molecular weight excluding hydrogens is 296 g/mol. The van der Waals surface area contributed by atoms with Crippen molar-refractivity contribution in [2.45, 2.75) is 51.4 Å². The number of carbonyl (C=O) groups excluding carboxylic acids is 2. The second-order valence-corrected chi connectivity index (χ2v) is 7.35. The van der Waals surface area contributed by atoms with Gasteiger partial charge >= 0.3 is 0 Å². The van der Waals surface area contributed by atoms with Crippen LogP contribution >= 0.6 is 11.8 Å². The first-order valence-electron chi connectivity index (χ1n) is 7.81. The lowest BCUT2D eigenvalue weighted by atomic mass is 9.68. The number of carbonyl (C=O) groups is 2. The Morgan fingerprint density at radius 2 is 2.09 bits per heavy atom. The van der Waals surface area contributed by atoms with E-state index in [1.165, 1.54) is 17.3 Å². The maximum absolute atomic E-state index is 12.6. The molecule has 0 aliphatic heterocycles. The number of fused-ring (bicyclic) bond motifs is 1. The molecule has 1 aromatic rings. The highest BCUT2D eigenvalue weighted by Crippen LogP contribution is 2.40. The van der Waals surface area contributed by atoms with Crippen LogP contribution in [0.25, 0.3) is 0 Å². The molecule has 0 N–H and O–H groups in total. The Balaban J connectivity index is 2.11. The van der Waals surface area contributed by atoms with Crippen molar-refractivity contribution in [1.82, 2.24) is 0 Å². The van der Waals surface area contributed by atoms with Crippen molar-refractivity contribution in [3.8, 4) is 5.75 Å². The first-order chi connectivity index (χ1) is 10.5. The summed E-state index contributed by atoms with van der Waals surface area (Å²) in [5.74, 6) is 1.98. The van der Waals surface area contributed by atoms with Gasteiger partial charge in [-0.25, -0.2) is 0 Å². The maximum Gasteiger partial charge on any atom is 0.185 e. The van der Waals surface area contributed by atoms with E-state index in [4.69, 9.17) is 4.74 Å². The molecule has 1 aromatic carbocycles. The van der Waals surface area contributed by atoms with Gasteiger partial charge in [0.2, 0.25) is 0 Å². The molecule has 2 rings (SSSR count). The summed E-state index contributed by atoms with van der Waals surface area (Å²) in [4.78, 5) is 23.5. The van der Waals surface area contributed by atoms with Crippen LogP contribution in [0, 0.1) is 0 Å². The molecule has 1 atom stereocenters. The topological polar surface area (TPSA) is 43.4 Å². The third-order valence-corrected chi connectivity index (χ3v) is 5.42. The predicted octanol–water partition coefficient (Wildman–Crippen LogP) is 3.92. The summed E-state index contributed by atoms with van der Waals surface area (Å²) in [6.07, 6.45) is 4.21. The molecule has 0 fully saturated rings. The number of unbranched alkanes of at least 4 members (excludes halogenated alkanes) is 1. The molecule has 4 heteroatoms. The Bertz CT molecular complexity index is 567. The van der Waals surface area contributed by atoms with Crippen molar-refractivity contribution in [1.29, 1.82) is 0 Å². The zero-order chi connectivity index (χ0) is 16.2. The number of thioether (sulfide) groups is 1. The molecule has 0 heterocycles. The molecule has 22 heavy (non-hydrogen) atoms. The number of hydrogen-bond donors (Lipinski definition) is 0. The van der Waals surface area contributed by atoms with Gasteiger partial charge in [0.25, 0.3) is 0 Å². The van der Waals surface area contributed by atoms with Crippen molar-refractivity contribution >= 4 is 22.7 Å². The highest BCUT2D eigenvalue weighted by Gasteiger charge is 2.38. The largest absolute Gasteiger partial charge is 0.497 e. The fourth-order valence-electron chi connectivity index (χ4n) is 3.16. The number of methoxy groups -OCH3 is 1. The van der Waals surface area contributed by atoms with E-state index in [-0.39, 0.29) is 5.12 Å². The molecule has 0 aromatic heterocycles. The van der Waals surface area contributed by atoms with Crippen LogP contribution in [0.2, 0.25) is 0 Å². The van der Waals surface area contributed by atoms with E-state index in [0.717, 1.165) is 42.7 Å². The minimum Gasteiger partial charge on any atom is -0.497 e. The molecule has 1 unspecified atom stereocenters. The smallest absolute Gasteiger partial charge is 0.185 e. The van der Waals surface area contributed by atoms with Gasteiger partial charge in [-0.15, -0.1) is 0 Å². The fraction of sp³-hybridized carbons (Fsp3) is 0.556. The van der Waals surface area contributed by atoms with Crippen molar-refractivity contribution in [2.75, 3.05) is 12.9 Å². The van der Waals surface area contributed by atoms with Gasteiger partial charge in [0.05, 0.1) is 12.5 Å². The average molecular weight is 320 g/mol. The van der Waals surface area contributed by atoms with Gasteiger partial charge in [-0.1, -0.05) is 24.2 Å². The molecular formula is C18H24O3S. The van der Waals surface area contributed by atoms with Crippen LogP contribution in [0.3, 0.4) is 0 Å². The van der Waals surface area contributed by atoms with Crippen LogP contribution in [0.15, 0.2) is 18.2 Å².